The molecule has 0 saturated carbocycles. The highest BCUT2D eigenvalue weighted by Gasteiger charge is 2.22. The Hall–Kier alpha value is -4.45. The lowest BCUT2D eigenvalue weighted by atomic mass is 10.1. The molecule has 156 valence electrons. The predicted octanol–water partition coefficient (Wildman–Crippen LogP) is 5.23. The Balaban J connectivity index is 1.45. The minimum absolute atomic E-state index is 0.0678. The molecule has 0 radical (unpaired) electrons. The van der Waals surface area contributed by atoms with E-state index in [0.717, 1.165) is 21.5 Å². The van der Waals surface area contributed by atoms with Crippen LogP contribution in [-0.2, 0) is 7.05 Å². The van der Waals surface area contributed by atoms with Gasteiger partial charge >= 0.3 is 0 Å². The Kier molecular flexibility index (Phi) is 4.88. The van der Waals surface area contributed by atoms with Gasteiger partial charge < -0.3 is 10.6 Å². The highest BCUT2D eigenvalue weighted by molar-refractivity contribution is 6.17. The number of fused-ring (bicyclic) bond motifs is 2. The van der Waals surface area contributed by atoms with Crippen molar-refractivity contribution in [2.75, 3.05) is 10.6 Å². The van der Waals surface area contributed by atoms with Crippen LogP contribution >= 0.6 is 0 Å². The van der Waals surface area contributed by atoms with E-state index in [1.54, 1.807) is 13.2 Å². The Morgan fingerprint density at radius 2 is 1.19 bits per heavy atom. The Bertz CT molecular complexity index is 1360. The van der Waals surface area contributed by atoms with Gasteiger partial charge in [0, 0.05) is 35.4 Å². The van der Waals surface area contributed by atoms with Crippen molar-refractivity contribution < 1.29 is 9.59 Å². The molecular formula is C26H20N4O2. The molecule has 6 heteroatoms. The van der Waals surface area contributed by atoms with Crippen LogP contribution in [0.15, 0.2) is 91.1 Å². The van der Waals surface area contributed by atoms with Gasteiger partial charge in [-0.3, -0.25) is 14.3 Å². The van der Waals surface area contributed by atoms with E-state index in [1.165, 1.54) is 4.68 Å². The molecule has 0 bridgehead atoms. The fraction of sp³-hybridized carbons (Fsp3) is 0.0385. The maximum atomic E-state index is 13.1. The minimum atomic E-state index is -0.440. The number of aromatic nitrogens is 2. The molecule has 4 aromatic carbocycles. The van der Waals surface area contributed by atoms with Crippen LogP contribution < -0.4 is 10.6 Å². The van der Waals surface area contributed by atoms with Crippen molar-refractivity contribution in [1.82, 2.24) is 9.78 Å². The number of carbonyl (C=O) groups excluding carboxylic acids is 2. The van der Waals surface area contributed by atoms with Gasteiger partial charge in [0.25, 0.3) is 11.8 Å². The quantitative estimate of drug-likeness (QED) is 0.418. The molecule has 32 heavy (non-hydrogen) atoms. The van der Waals surface area contributed by atoms with Crippen molar-refractivity contribution in [2.24, 2.45) is 7.05 Å². The number of nitrogens with one attached hydrogen (secondary N) is 2. The van der Waals surface area contributed by atoms with Gasteiger partial charge in [-0.1, -0.05) is 72.8 Å². The molecule has 2 N–H and O–H groups in total. The van der Waals surface area contributed by atoms with E-state index < -0.39 is 11.8 Å². The summed E-state index contributed by atoms with van der Waals surface area (Å²) < 4.78 is 1.47. The van der Waals surface area contributed by atoms with Crippen molar-refractivity contribution in [3.8, 4) is 0 Å². The van der Waals surface area contributed by atoms with Crippen molar-refractivity contribution in [2.45, 2.75) is 0 Å². The van der Waals surface area contributed by atoms with Gasteiger partial charge in [0.2, 0.25) is 0 Å². The van der Waals surface area contributed by atoms with Crippen LogP contribution in [-0.4, -0.2) is 21.6 Å². The number of nitrogens with zero attached hydrogens (tertiary/aromatic N) is 2. The molecule has 5 rings (SSSR count). The van der Waals surface area contributed by atoms with E-state index in [2.05, 4.69) is 15.7 Å². The Labute approximate surface area is 184 Å². The number of carbonyl (C=O) groups is 2. The number of hydrogen-bond donors (Lipinski definition) is 2. The number of hydrogen-bond acceptors (Lipinski definition) is 3. The van der Waals surface area contributed by atoms with Crippen molar-refractivity contribution in [1.29, 1.82) is 0 Å². The summed E-state index contributed by atoms with van der Waals surface area (Å²) in [7, 11) is 1.68. The maximum absolute atomic E-state index is 13.1. The number of aryl methyl sites for hydroxylation is 1. The van der Waals surface area contributed by atoms with Gasteiger partial charge in [-0.2, -0.15) is 5.10 Å². The second kappa shape index (κ2) is 8.00. The Morgan fingerprint density at radius 1 is 0.688 bits per heavy atom. The fourth-order valence-electron chi connectivity index (χ4n) is 3.86. The lowest BCUT2D eigenvalue weighted by molar-refractivity contribution is 0.0988. The molecule has 1 aromatic heterocycles. The average molecular weight is 420 g/mol. The van der Waals surface area contributed by atoms with Gasteiger partial charge in [0.05, 0.1) is 5.56 Å². The molecular weight excluding hydrogens is 400 g/mol. The summed E-state index contributed by atoms with van der Waals surface area (Å²) in [5.74, 6) is -0.831. The van der Waals surface area contributed by atoms with Gasteiger partial charge in [-0.15, -0.1) is 0 Å². The van der Waals surface area contributed by atoms with Gasteiger partial charge in [-0.25, -0.2) is 0 Å². The molecule has 0 unspecified atom stereocenters. The summed E-state index contributed by atoms with van der Waals surface area (Å²) in [4.78, 5) is 26.2. The Morgan fingerprint density at radius 3 is 1.78 bits per heavy atom. The van der Waals surface area contributed by atoms with Crippen LogP contribution in [0, 0.1) is 0 Å². The van der Waals surface area contributed by atoms with Gasteiger partial charge in [-0.05, 0) is 22.9 Å². The van der Waals surface area contributed by atoms with Crippen LogP contribution in [0.1, 0.15) is 20.8 Å². The van der Waals surface area contributed by atoms with Gasteiger partial charge in [0.1, 0.15) is 0 Å². The summed E-state index contributed by atoms with van der Waals surface area (Å²) >= 11 is 0. The molecule has 5 aromatic rings. The van der Waals surface area contributed by atoms with Crippen LogP contribution in [0.25, 0.3) is 21.5 Å². The zero-order chi connectivity index (χ0) is 22.1. The third-order valence-electron chi connectivity index (χ3n) is 5.36. The molecule has 1 heterocycles. The molecule has 0 spiro atoms. The number of benzene rings is 4. The van der Waals surface area contributed by atoms with Crippen LogP contribution in [0.3, 0.4) is 0 Å². The summed E-state index contributed by atoms with van der Waals surface area (Å²) in [6, 6.07) is 27.0. The smallest absolute Gasteiger partial charge is 0.277 e. The zero-order valence-corrected chi connectivity index (χ0v) is 17.4. The summed E-state index contributed by atoms with van der Waals surface area (Å²) in [6.45, 7) is 0. The third kappa shape index (κ3) is 3.58. The SMILES string of the molecule is Cn1cc(C(=O)Nc2cccc3ccccc23)c(C(=O)Nc2cccc3ccccc23)n1. The highest BCUT2D eigenvalue weighted by atomic mass is 16.2. The van der Waals surface area contributed by atoms with Gasteiger partial charge in [0.15, 0.2) is 5.69 Å². The van der Waals surface area contributed by atoms with E-state index in [1.807, 2.05) is 84.9 Å². The zero-order valence-electron chi connectivity index (χ0n) is 17.4. The molecule has 6 nitrogen and oxygen atoms in total. The number of rotatable bonds is 4. The second-order valence-electron chi connectivity index (χ2n) is 7.53. The molecule has 0 atom stereocenters. The predicted molar refractivity (Wildman–Crippen MR) is 127 cm³/mol. The first-order chi connectivity index (χ1) is 15.6. The normalized spacial score (nSPS) is 10.9. The highest BCUT2D eigenvalue weighted by Crippen LogP contribution is 2.25. The van der Waals surface area contributed by atoms with E-state index in [4.69, 9.17) is 0 Å². The van der Waals surface area contributed by atoms with E-state index >= 15 is 0 Å². The summed E-state index contributed by atoms with van der Waals surface area (Å²) in [5.41, 5.74) is 1.62. The van der Waals surface area contributed by atoms with Crippen molar-refractivity contribution >= 4 is 44.7 Å². The minimum Gasteiger partial charge on any atom is -0.321 e. The van der Waals surface area contributed by atoms with E-state index in [9.17, 15) is 9.59 Å². The van der Waals surface area contributed by atoms with Crippen LogP contribution in [0.5, 0.6) is 0 Å². The number of anilines is 2. The number of amides is 2. The molecule has 0 fully saturated rings. The molecule has 0 aliphatic rings. The molecule has 0 aliphatic heterocycles. The lowest BCUT2D eigenvalue weighted by Crippen LogP contribution is -2.20. The first-order valence-corrected chi connectivity index (χ1v) is 10.2. The molecule has 2 amide bonds. The molecule has 0 saturated heterocycles. The first kappa shape index (κ1) is 19.5. The average Bonchev–Trinajstić information content (AvgIpc) is 3.22. The standard InChI is InChI=1S/C26H20N4O2/c1-30-16-21(25(31)27-22-14-6-10-17-8-2-4-12-19(17)22)24(29-30)26(32)28-23-15-7-11-18-9-3-5-13-20(18)23/h2-16H,1H3,(H,27,31)(H,28,32). The summed E-state index contributed by atoms with van der Waals surface area (Å²) in [5, 5.41) is 14.0. The van der Waals surface area contributed by atoms with Crippen LogP contribution in [0.4, 0.5) is 11.4 Å². The lowest BCUT2D eigenvalue weighted by Gasteiger charge is -2.10. The largest absolute Gasteiger partial charge is 0.321 e. The van der Waals surface area contributed by atoms with Crippen molar-refractivity contribution in [3.05, 3.63) is 102 Å². The summed E-state index contributed by atoms with van der Waals surface area (Å²) in [6.07, 6.45) is 1.55. The van der Waals surface area contributed by atoms with Crippen LogP contribution in [0.2, 0.25) is 0 Å². The second-order valence-corrected chi connectivity index (χ2v) is 7.53. The monoisotopic (exact) mass is 420 g/mol. The topological polar surface area (TPSA) is 76.0 Å². The first-order valence-electron chi connectivity index (χ1n) is 10.2. The fourth-order valence-corrected chi connectivity index (χ4v) is 3.86. The van der Waals surface area contributed by atoms with E-state index in [-0.39, 0.29) is 11.3 Å². The van der Waals surface area contributed by atoms with Crippen molar-refractivity contribution in [3.63, 3.8) is 0 Å². The maximum Gasteiger partial charge on any atom is 0.277 e. The molecule has 0 aliphatic carbocycles. The van der Waals surface area contributed by atoms with E-state index in [0.29, 0.717) is 11.4 Å². The third-order valence-corrected chi connectivity index (χ3v) is 5.36.